The number of sulfonamides is 1. The van der Waals surface area contributed by atoms with Crippen molar-refractivity contribution in [1.29, 1.82) is 0 Å². The van der Waals surface area contributed by atoms with Gasteiger partial charge in [-0.25, -0.2) is 18.4 Å². The first-order valence-electron chi connectivity index (χ1n) is 7.27. The minimum atomic E-state index is -3.49. The van der Waals surface area contributed by atoms with E-state index in [9.17, 15) is 8.42 Å². The van der Waals surface area contributed by atoms with Gasteiger partial charge in [0, 0.05) is 43.3 Å². The molecule has 0 radical (unpaired) electrons. The van der Waals surface area contributed by atoms with Crippen molar-refractivity contribution in [3.8, 4) is 0 Å². The van der Waals surface area contributed by atoms with Gasteiger partial charge in [0.15, 0.2) is 0 Å². The van der Waals surface area contributed by atoms with Crippen LogP contribution in [0.15, 0.2) is 41.7 Å². The van der Waals surface area contributed by atoms with E-state index in [1.807, 2.05) is 13.0 Å². The van der Waals surface area contributed by atoms with E-state index in [-0.39, 0.29) is 10.8 Å². The molecular weight excluding hydrogens is 300 g/mol. The Morgan fingerprint density at radius 2 is 2.14 bits per heavy atom. The van der Waals surface area contributed by atoms with Crippen LogP contribution in [0, 0.1) is 6.92 Å². The molecule has 1 aliphatic rings. The standard InChI is InChI=1S/C15H18N4O2S/c1-12-17-8-6-15(18-12)13-4-3-9-19(11-13)22(20,21)14-5-2-7-16-10-14/h2,5-8,10,13H,3-4,9,11H2,1H3. The first-order chi connectivity index (χ1) is 10.6. The summed E-state index contributed by atoms with van der Waals surface area (Å²) in [6.07, 6.45) is 6.46. The average molecular weight is 318 g/mol. The van der Waals surface area contributed by atoms with E-state index in [0.29, 0.717) is 18.9 Å². The second-order valence-corrected chi connectivity index (χ2v) is 7.36. The molecule has 0 spiro atoms. The third kappa shape index (κ3) is 3.00. The molecule has 22 heavy (non-hydrogen) atoms. The second kappa shape index (κ2) is 6.10. The van der Waals surface area contributed by atoms with Crippen molar-refractivity contribution in [2.24, 2.45) is 0 Å². The van der Waals surface area contributed by atoms with Crippen molar-refractivity contribution in [1.82, 2.24) is 19.3 Å². The van der Waals surface area contributed by atoms with E-state index in [0.717, 1.165) is 18.5 Å². The van der Waals surface area contributed by atoms with Gasteiger partial charge in [-0.05, 0) is 38.0 Å². The van der Waals surface area contributed by atoms with Gasteiger partial charge in [-0.1, -0.05) is 0 Å². The lowest BCUT2D eigenvalue weighted by molar-refractivity contribution is 0.312. The Labute approximate surface area is 130 Å². The summed E-state index contributed by atoms with van der Waals surface area (Å²) < 4.78 is 26.9. The molecule has 116 valence electrons. The summed E-state index contributed by atoms with van der Waals surface area (Å²) in [5, 5.41) is 0. The Bertz CT molecular complexity index is 749. The van der Waals surface area contributed by atoms with Crippen LogP contribution in [-0.4, -0.2) is 40.8 Å². The SMILES string of the molecule is Cc1nccc(C2CCCN(S(=O)(=O)c3cccnc3)C2)n1. The van der Waals surface area contributed by atoms with E-state index in [4.69, 9.17) is 0 Å². The van der Waals surface area contributed by atoms with Crippen molar-refractivity contribution >= 4 is 10.0 Å². The van der Waals surface area contributed by atoms with Crippen LogP contribution in [0.4, 0.5) is 0 Å². The third-order valence-electron chi connectivity index (χ3n) is 3.87. The molecule has 1 unspecified atom stereocenters. The number of aryl methyl sites for hydroxylation is 1. The fraction of sp³-hybridized carbons (Fsp3) is 0.400. The number of rotatable bonds is 3. The Kier molecular flexibility index (Phi) is 4.17. The van der Waals surface area contributed by atoms with Crippen molar-refractivity contribution in [2.45, 2.75) is 30.6 Å². The fourth-order valence-electron chi connectivity index (χ4n) is 2.75. The summed E-state index contributed by atoms with van der Waals surface area (Å²) in [6.45, 7) is 2.84. The highest BCUT2D eigenvalue weighted by atomic mass is 32.2. The first-order valence-corrected chi connectivity index (χ1v) is 8.71. The van der Waals surface area contributed by atoms with Crippen LogP contribution in [0.5, 0.6) is 0 Å². The lowest BCUT2D eigenvalue weighted by Crippen LogP contribution is -2.39. The summed E-state index contributed by atoms with van der Waals surface area (Å²) in [5.74, 6) is 0.826. The van der Waals surface area contributed by atoms with Gasteiger partial charge < -0.3 is 0 Å². The summed E-state index contributed by atoms with van der Waals surface area (Å²) in [7, 11) is -3.49. The van der Waals surface area contributed by atoms with Crippen LogP contribution >= 0.6 is 0 Å². The number of pyridine rings is 1. The molecule has 0 bridgehead atoms. The van der Waals surface area contributed by atoms with Crippen molar-refractivity contribution in [3.05, 3.63) is 48.3 Å². The van der Waals surface area contributed by atoms with Crippen molar-refractivity contribution in [3.63, 3.8) is 0 Å². The molecule has 0 aliphatic carbocycles. The van der Waals surface area contributed by atoms with Crippen LogP contribution in [0.25, 0.3) is 0 Å². The molecule has 0 saturated carbocycles. The van der Waals surface area contributed by atoms with Crippen LogP contribution in [0.3, 0.4) is 0 Å². The number of piperidine rings is 1. The Balaban J connectivity index is 1.84. The molecule has 7 heteroatoms. The maximum atomic E-state index is 12.7. The molecule has 2 aromatic rings. The van der Waals surface area contributed by atoms with Gasteiger partial charge in [-0.3, -0.25) is 4.98 Å². The molecule has 1 atom stereocenters. The van der Waals surface area contributed by atoms with Crippen LogP contribution in [0.1, 0.15) is 30.3 Å². The number of nitrogens with zero attached hydrogens (tertiary/aromatic N) is 4. The molecule has 1 saturated heterocycles. The quantitative estimate of drug-likeness (QED) is 0.862. The zero-order valence-corrected chi connectivity index (χ0v) is 13.2. The highest BCUT2D eigenvalue weighted by molar-refractivity contribution is 7.89. The highest BCUT2D eigenvalue weighted by Gasteiger charge is 2.31. The summed E-state index contributed by atoms with van der Waals surface area (Å²) in [6, 6.07) is 5.10. The minimum Gasteiger partial charge on any atom is -0.263 e. The number of aromatic nitrogens is 3. The molecule has 1 aliphatic heterocycles. The highest BCUT2D eigenvalue weighted by Crippen LogP contribution is 2.29. The molecule has 3 heterocycles. The van der Waals surface area contributed by atoms with Gasteiger partial charge in [0.05, 0.1) is 0 Å². The molecular formula is C15H18N4O2S. The van der Waals surface area contributed by atoms with E-state index in [1.165, 1.54) is 10.5 Å². The molecule has 0 amide bonds. The smallest absolute Gasteiger partial charge is 0.244 e. The van der Waals surface area contributed by atoms with Crippen LogP contribution < -0.4 is 0 Å². The third-order valence-corrected chi connectivity index (χ3v) is 5.72. The normalized spacial score (nSPS) is 20.0. The summed E-state index contributed by atoms with van der Waals surface area (Å²) >= 11 is 0. The Hall–Kier alpha value is -1.86. The molecule has 3 rings (SSSR count). The van der Waals surface area contributed by atoms with Gasteiger partial charge in [0.1, 0.15) is 10.7 Å². The second-order valence-electron chi connectivity index (χ2n) is 5.42. The minimum absolute atomic E-state index is 0.113. The molecule has 0 N–H and O–H groups in total. The lowest BCUT2D eigenvalue weighted by atomic mass is 9.96. The van der Waals surface area contributed by atoms with E-state index in [1.54, 1.807) is 24.5 Å². The van der Waals surface area contributed by atoms with Crippen molar-refractivity contribution in [2.75, 3.05) is 13.1 Å². The van der Waals surface area contributed by atoms with Crippen LogP contribution in [0.2, 0.25) is 0 Å². The predicted molar refractivity (Wildman–Crippen MR) is 81.7 cm³/mol. The predicted octanol–water partition coefficient (Wildman–Crippen LogP) is 1.75. The largest absolute Gasteiger partial charge is 0.263 e. The van der Waals surface area contributed by atoms with Gasteiger partial charge in [0.2, 0.25) is 10.0 Å². The zero-order valence-electron chi connectivity index (χ0n) is 12.4. The maximum absolute atomic E-state index is 12.7. The van der Waals surface area contributed by atoms with E-state index in [2.05, 4.69) is 15.0 Å². The van der Waals surface area contributed by atoms with Crippen LogP contribution in [-0.2, 0) is 10.0 Å². The monoisotopic (exact) mass is 318 g/mol. The molecule has 0 aromatic carbocycles. The number of hydrogen-bond acceptors (Lipinski definition) is 5. The lowest BCUT2D eigenvalue weighted by Gasteiger charge is -2.31. The first kappa shape index (κ1) is 15.1. The van der Waals surface area contributed by atoms with Gasteiger partial charge in [-0.2, -0.15) is 4.31 Å². The molecule has 6 nitrogen and oxygen atoms in total. The fourth-order valence-corrected chi connectivity index (χ4v) is 4.24. The summed E-state index contributed by atoms with van der Waals surface area (Å²) in [4.78, 5) is 12.7. The maximum Gasteiger partial charge on any atom is 0.244 e. The number of hydrogen-bond donors (Lipinski definition) is 0. The molecule has 2 aromatic heterocycles. The Morgan fingerprint density at radius 3 is 2.86 bits per heavy atom. The summed E-state index contributed by atoms with van der Waals surface area (Å²) in [5.41, 5.74) is 0.915. The van der Waals surface area contributed by atoms with Crippen molar-refractivity contribution < 1.29 is 8.42 Å². The van der Waals surface area contributed by atoms with E-state index < -0.39 is 10.0 Å². The molecule has 1 fully saturated rings. The average Bonchev–Trinajstić information content (AvgIpc) is 2.56. The van der Waals surface area contributed by atoms with Gasteiger partial charge >= 0.3 is 0 Å². The van der Waals surface area contributed by atoms with E-state index >= 15 is 0 Å². The topological polar surface area (TPSA) is 76.1 Å². The zero-order chi connectivity index (χ0) is 15.6. The Morgan fingerprint density at radius 1 is 1.27 bits per heavy atom. The van der Waals surface area contributed by atoms with Gasteiger partial charge in [0.25, 0.3) is 0 Å². The van der Waals surface area contributed by atoms with Gasteiger partial charge in [-0.15, -0.1) is 0 Å².